The van der Waals surface area contributed by atoms with Crippen LogP contribution in [-0.2, 0) is 4.74 Å². The van der Waals surface area contributed by atoms with Crippen molar-refractivity contribution in [2.45, 2.75) is 51.6 Å². The normalized spacial score (nSPS) is 18.9. The van der Waals surface area contributed by atoms with Crippen molar-refractivity contribution < 1.29 is 4.74 Å². The van der Waals surface area contributed by atoms with Gasteiger partial charge in [-0.3, -0.25) is 0 Å². The Kier molecular flexibility index (Phi) is 5.40. The molecule has 1 unspecified atom stereocenters. The molecule has 0 bridgehead atoms. The van der Waals surface area contributed by atoms with Crippen LogP contribution in [0.4, 0.5) is 0 Å². The van der Waals surface area contributed by atoms with E-state index < -0.39 is 0 Å². The smallest absolute Gasteiger partial charge is 0.0615 e. The molecular formula is C11H23NO. The van der Waals surface area contributed by atoms with Crippen LogP contribution in [0.25, 0.3) is 0 Å². The van der Waals surface area contributed by atoms with Crippen LogP contribution >= 0.6 is 0 Å². The Morgan fingerprint density at radius 2 is 2.15 bits per heavy atom. The van der Waals surface area contributed by atoms with Gasteiger partial charge in [0.1, 0.15) is 0 Å². The van der Waals surface area contributed by atoms with Gasteiger partial charge in [0, 0.05) is 6.61 Å². The molecule has 2 N–H and O–H groups in total. The zero-order valence-corrected chi connectivity index (χ0v) is 8.80. The molecule has 1 aliphatic rings. The van der Waals surface area contributed by atoms with E-state index in [9.17, 15) is 0 Å². The van der Waals surface area contributed by atoms with Gasteiger partial charge in [0.05, 0.1) is 6.10 Å². The monoisotopic (exact) mass is 185 g/mol. The highest BCUT2D eigenvalue weighted by atomic mass is 16.5. The predicted octanol–water partition coefficient (Wildman–Crippen LogP) is 2.32. The van der Waals surface area contributed by atoms with E-state index in [1.165, 1.54) is 32.1 Å². The Morgan fingerprint density at radius 3 is 2.69 bits per heavy atom. The van der Waals surface area contributed by atoms with Gasteiger partial charge in [-0.2, -0.15) is 0 Å². The van der Waals surface area contributed by atoms with E-state index in [0.717, 1.165) is 25.5 Å². The highest BCUT2D eigenvalue weighted by Gasteiger charge is 2.30. The minimum absolute atomic E-state index is 0.474. The number of hydrogen-bond acceptors (Lipinski definition) is 2. The molecule has 2 heteroatoms. The van der Waals surface area contributed by atoms with Crippen molar-refractivity contribution in [3.8, 4) is 0 Å². The lowest BCUT2D eigenvalue weighted by Gasteiger charge is -2.16. The second-order valence-corrected chi connectivity index (χ2v) is 4.03. The molecule has 0 amide bonds. The first-order valence-electron chi connectivity index (χ1n) is 5.70. The van der Waals surface area contributed by atoms with Crippen molar-refractivity contribution in [1.82, 2.24) is 0 Å². The van der Waals surface area contributed by atoms with E-state index >= 15 is 0 Å². The summed E-state index contributed by atoms with van der Waals surface area (Å²) in [7, 11) is 0. The summed E-state index contributed by atoms with van der Waals surface area (Å²) < 4.78 is 5.83. The molecule has 0 aliphatic heterocycles. The molecule has 0 aromatic rings. The van der Waals surface area contributed by atoms with E-state index in [2.05, 4.69) is 6.92 Å². The number of unbranched alkanes of at least 4 members (excludes halogenated alkanes) is 2. The van der Waals surface area contributed by atoms with Gasteiger partial charge in [-0.15, -0.1) is 0 Å². The predicted molar refractivity (Wildman–Crippen MR) is 55.7 cm³/mol. The summed E-state index contributed by atoms with van der Waals surface area (Å²) in [5.41, 5.74) is 5.55. The average molecular weight is 185 g/mol. The quantitative estimate of drug-likeness (QED) is 0.589. The second kappa shape index (κ2) is 6.39. The standard InChI is InChI=1S/C11H23NO/c1-2-3-4-9-13-11(7-8-12)10-5-6-10/h10-11H,2-9,12H2,1H3. The Morgan fingerprint density at radius 1 is 1.38 bits per heavy atom. The zero-order valence-electron chi connectivity index (χ0n) is 8.80. The number of hydrogen-bond donors (Lipinski definition) is 1. The highest BCUT2D eigenvalue weighted by Crippen LogP contribution is 2.35. The van der Waals surface area contributed by atoms with Crippen LogP contribution in [0.2, 0.25) is 0 Å². The molecule has 78 valence electrons. The van der Waals surface area contributed by atoms with Gasteiger partial charge in [0.25, 0.3) is 0 Å². The number of ether oxygens (including phenoxy) is 1. The second-order valence-electron chi connectivity index (χ2n) is 4.03. The molecule has 1 fully saturated rings. The summed E-state index contributed by atoms with van der Waals surface area (Å²) in [5, 5.41) is 0. The Bertz CT molecular complexity index is 123. The molecule has 1 saturated carbocycles. The SMILES string of the molecule is CCCCCOC(CCN)C1CC1. The molecular weight excluding hydrogens is 162 g/mol. The maximum atomic E-state index is 5.83. The van der Waals surface area contributed by atoms with Gasteiger partial charge in [0.2, 0.25) is 0 Å². The van der Waals surface area contributed by atoms with Crippen LogP contribution < -0.4 is 5.73 Å². The minimum Gasteiger partial charge on any atom is -0.378 e. The first-order chi connectivity index (χ1) is 6.38. The summed E-state index contributed by atoms with van der Waals surface area (Å²) in [5.74, 6) is 0.838. The van der Waals surface area contributed by atoms with Crippen LogP contribution in [0.3, 0.4) is 0 Å². The molecule has 0 spiro atoms. The third kappa shape index (κ3) is 4.63. The third-order valence-corrected chi connectivity index (χ3v) is 2.68. The molecule has 0 heterocycles. The van der Waals surface area contributed by atoms with Gasteiger partial charge in [0.15, 0.2) is 0 Å². The van der Waals surface area contributed by atoms with Gasteiger partial charge >= 0.3 is 0 Å². The van der Waals surface area contributed by atoms with E-state index in [1.54, 1.807) is 0 Å². The molecule has 0 saturated heterocycles. The van der Waals surface area contributed by atoms with E-state index in [-0.39, 0.29) is 0 Å². The first kappa shape index (κ1) is 11.0. The topological polar surface area (TPSA) is 35.2 Å². The average Bonchev–Trinajstić information content (AvgIpc) is 2.93. The third-order valence-electron chi connectivity index (χ3n) is 2.68. The summed E-state index contributed by atoms with van der Waals surface area (Å²) >= 11 is 0. The summed E-state index contributed by atoms with van der Waals surface area (Å²) in [6.45, 7) is 3.93. The van der Waals surface area contributed by atoms with Crippen LogP contribution in [-0.4, -0.2) is 19.3 Å². The maximum Gasteiger partial charge on any atom is 0.0615 e. The van der Waals surface area contributed by atoms with Crippen molar-refractivity contribution in [1.29, 1.82) is 0 Å². The molecule has 2 nitrogen and oxygen atoms in total. The molecule has 1 rings (SSSR count). The summed E-state index contributed by atoms with van der Waals surface area (Å²) in [4.78, 5) is 0. The number of rotatable bonds is 8. The first-order valence-corrected chi connectivity index (χ1v) is 5.70. The van der Waals surface area contributed by atoms with Crippen LogP contribution in [0.5, 0.6) is 0 Å². The zero-order chi connectivity index (χ0) is 9.52. The van der Waals surface area contributed by atoms with E-state index in [4.69, 9.17) is 10.5 Å². The maximum absolute atomic E-state index is 5.83. The largest absolute Gasteiger partial charge is 0.378 e. The molecule has 0 radical (unpaired) electrons. The summed E-state index contributed by atoms with van der Waals surface area (Å²) in [6.07, 6.45) is 8.02. The molecule has 1 atom stereocenters. The lowest BCUT2D eigenvalue weighted by Crippen LogP contribution is -2.20. The van der Waals surface area contributed by atoms with Gasteiger partial charge in [-0.25, -0.2) is 0 Å². The molecule has 13 heavy (non-hydrogen) atoms. The van der Waals surface area contributed by atoms with E-state index in [1.807, 2.05) is 0 Å². The lowest BCUT2D eigenvalue weighted by atomic mass is 10.1. The Hall–Kier alpha value is -0.0800. The van der Waals surface area contributed by atoms with Gasteiger partial charge in [-0.1, -0.05) is 19.8 Å². The fourth-order valence-electron chi connectivity index (χ4n) is 1.67. The number of nitrogens with two attached hydrogens (primary N) is 1. The minimum atomic E-state index is 0.474. The van der Waals surface area contributed by atoms with Crippen molar-refractivity contribution in [2.75, 3.05) is 13.2 Å². The van der Waals surface area contributed by atoms with Crippen molar-refractivity contribution in [3.05, 3.63) is 0 Å². The molecule has 0 aromatic carbocycles. The fraction of sp³-hybridized carbons (Fsp3) is 1.00. The van der Waals surface area contributed by atoms with Crippen molar-refractivity contribution in [3.63, 3.8) is 0 Å². The molecule has 1 aliphatic carbocycles. The van der Waals surface area contributed by atoms with Gasteiger partial charge in [-0.05, 0) is 38.1 Å². The Labute approximate surface area is 81.8 Å². The van der Waals surface area contributed by atoms with Gasteiger partial charge < -0.3 is 10.5 Å². The Balaban J connectivity index is 2.00. The lowest BCUT2D eigenvalue weighted by molar-refractivity contribution is 0.0319. The van der Waals surface area contributed by atoms with E-state index in [0.29, 0.717) is 6.10 Å². The highest BCUT2D eigenvalue weighted by molar-refractivity contribution is 4.82. The van der Waals surface area contributed by atoms with Crippen LogP contribution in [0.1, 0.15) is 45.4 Å². The fourth-order valence-corrected chi connectivity index (χ4v) is 1.67. The summed E-state index contributed by atoms with van der Waals surface area (Å²) in [6, 6.07) is 0. The molecule has 0 aromatic heterocycles. The van der Waals surface area contributed by atoms with Crippen molar-refractivity contribution >= 4 is 0 Å². The van der Waals surface area contributed by atoms with Crippen LogP contribution in [0, 0.1) is 5.92 Å². The van der Waals surface area contributed by atoms with Crippen molar-refractivity contribution in [2.24, 2.45) is 11.7 Å². The van der Waals surface area contributed by atoms with Crippen LogP contribution in [0.15, 0.2) is 0 Å².